The average molecular weight is 251 g/mol. The number of thiophene rings is 1. The number of nitrogens with two attached hydrogens (primary N) is 1. The predicted octanol–water partition coefficient (Wildman–Crippen LogP) is 3.79. The largest absolute Gasteiger partial charge is 0.381 e. The fourth-order valence-corrected chi connectivity index (χ4v) is 2.71. The third-order valence-corrected chi connectivity index (χ3v) is 3.62. The van der Waals surface area contributed by atoms with Gasteiger partial charge in [-0.1, -0.05) is 16.8 Å². The van der Waals surface area contributed by atoms with E-state index in [1.165, 1.54) is 0 Å². The van der Waals surface area contributed by atoms with Gasteiger partial charge in [-0.3, -0.25) is 0 Å². The molecule has 0 saturated heterocycles. The highest BCUT2D eigenvalue weighted by Crippen LogP contribution is 2.35. The highest BCUT2D eigenvalue weighted by molar-refractivity contribution is 7.22. The van der Waals surface area contributed by atoms with Gasteiger partial charge in [0.05, 0.1) is 4.88 Å². The van der Waals surface area contributed by atoms with Gasteiger partial charge < -0.3 is 10.3 Å². The molecule has 1 aromatic carbocycles. The van der Waals surface area contributed by atoms with E-state index >= 15 is 0 Å². The minimum absolute atomic E-state index is 0.394. The van der Waals surface area contributed by atoms with E-state index in [4.69, 9.17) is 21.9 Å². The van der Waals surface area contributed by atoms with Crippen molar-refractivity contribution < 1.29 is 4.52 Å². The molecule has 5 heteroatoms. The van der Waals surface area contributed by atoms with Crippen LogP contribution in [0.3, 0.4) is 0 Å². The molecular formula is C11H7ClN2OS. The predicted molar refractivity (Wildman–Crippen MR) is 66.7 cm³/mol. The second kappa shape index (κ2) is 3.50. The van der Waals surface area contributed by atoms with E-state index in [-0.39, 0.29) is 0 Å². The molecule has 0 saturated carbocycles. The standard InChI is InChI=1S/C11H7ClN2OS/c12-7-1-2-9-6(3-7)4-10(16-9)8-5-11(13)14-15-8/h1-5H,(H2,13,14). The molecule has 0 aliphatic rings. The van der Waals surface area contributed by atoms with Crippen molar-refractivity contribution in [1.82, 2.24) is 5.16 Å². The van der Waals surface area contributed by atoms with E-state index in [0.29, 0.717) is 11.6 Å². The molecule has 0 amide bonds. The summed E-state index contributed by atoms with van der Waals surface area (Å²) in [6, 6.07) is 9.53. The number of aromatic nitrogens is 1. The minimum atomic E-state index is 0.394. The zero-order valence-electron chi connectivity index (χ0n) is 8.11. The molecule has 0 radical (unpaired) electrons. The smallest absolute Gasteiger partial charge is 0.179 e. The molecule has 2 N–H and O–H groups in total. The Hall–Kier alpha value is -1.52. The first-order valence-corrected chi connectivity index (χ1v) is 5.83. The summed E-state index contributed by atoms with van der Waals surface area (Å²) >= 11 is 7.55. The lowest BCUT2D eigenvalue weighted by Gasteiger charge is -1.87. The maximum absolute atomic E-state index is 5.93. The van der Waals surface area contributed by atoms with Gasteiger partial charge in [-0.05, 0) is 29.7 Å². The normalized spacial score (nSPS) is 11.1. The maximum Gasteiger partial charge on any atom is 0.179 e. The first-order chi connectivity index (χ1) is 7.72. The average Bonchev–Trinajstić information content (AvgIpc) is 2.83. The zero-order chi connectivity index (χ0) is 11.1. The van der Waals surface area contributed by atoms with Crippen molar-refractivity contribution in [2.75, 3.05) is 5.73 Å². The van der Waals surface area contributed by atoms with Crippen molar-refractivity contribution in [2.45, 2.75) is 0 Å². The monoisotopic (exact) mass is 250 g/mol. The molecule has 0 aliphatic carbocycles. The summed E-state index contributed by atoms with van der Waals surface area (Å²) in [5.41, 5.74) is 5.51. The number of fused-ring (bicyclic) bond motifs is 1. The molecule has 3 aromatic rings. The van der Waals surface area contributed by atoms with Crippen LogP contribution in [0.15, 0.2) is 34.9 Å². The van der Waals surface area contributed by atoms with Gasteiger partial charge in [-0.15, -0.1) is 11.3 Å². The number of halogens is 1. The summed E-state index contributed by atoms with van der Waals surface area (Å²) in [5.74, 6) is 1.08. The molecule has 2 heterocycles. The Morgan fingerprint density at radius 1 is 1.25 bits per heavy atom. The Bertz CT molecular complexity index is 659. The molecule has 3 rings (SSSR count). The molecule has 0 unspecified atom stereocenters. The number of hydrogen-bond acceptors (Lipinski definition) is 4. The Kier molecular flexibility index (Phi) is 2.12. The van der Waals surface area contributed by atoms with Gasteiger partial charge in [0.25, 0.3) is 0 Å². The molecule has 80 valence electrons. The van der Waals surface area contributed by atoms with Crippen LogP contribution >= 0.6 is 22.9 Å². The quantitative estimate of drug-likeness (QED) is 0.715. The van der Waals surface area contributed by atoms with Gasteiger partial charge in [-0.2, -0.15) is 0 Å². The van der Waals surface area contributed by atoms with Gasteiger partial charge in [0.15, 0.2) is 11.6 Å². The number of nitrogens with zero attached hydrogens (tertiary/aromatic N) is 1. The number of rotatable bonds is 1. The topological polar surface area (TPSA) is 52.0 Å². The van der Waals surface area contributed by atoms with Crippen LogP contribution in [0.4, 0.5) is 5.82 Å². The molecule has 0 atom stereocenters. The molecule has 2 aromatic heterocycles. The fourth-order valence-electron chi connectivity index (χ4n) is 1.54. The molecule has 0 aliphatic heterocycles. The number of benzene rings is 1. The Balaban J connectivity index is 2.18. The lowest BCUT2D eigenvalue weighted by molar-refractivity contribution is 0.436. The van der Waals surface area contributed by atoms with Crippen molar-refractivity contribution >= 4 is 38.8 Å². The van der Waals surface area contributed by atoms with Crippen LogP contribution in [0.2, 0.25) is 5.02 Å². The van der Waals surface area contributed by atoms with E-state index < -0.39 is 0 Å². The van der Waals surface area contributed by atoms with Crippen molar-refractivity contribution in [3.05, 3.63) is 35.4 Å². The summed E-state index contributed by atoms with van der Waals surface area (Å²) in [6.07, 6.45) is 0. The SMILES string of the molecule is Nc1cc(-c2cc3cc(Cl)ccc3s2)on1. The van der Waals surface area contributed by atoms with Crippen LogP contribution in [0.5, 0.6) is 0 Å². The van der Waals surface area contributed by atoms with Crippen molar-refractivity contribution in [2.24, 2.45) is 0 Å². The van der Waals surface area contributed by atoms with Crippen LogP contribution in [0.25, 0.3) is 20.7 Å². The van der Waals surface area contributed by atoms with Crippen LogP contribution in [-0.2, 0) is 0 Å². The van der Waals surface area contributed by atoms with E-state index in [9.17, 15) is 0 Å². The first-order valence-electron chi connectivity index (χ1n) is 4.64. The van der Waals surface area contributed by atoms with Crippen LogP contribution in [-0.4, -0.2) is 5.16 Å². The van der Waals surface area contributed by atoms with Crippen LogP contribution < -0.4 is 5.73 Å². The summed E-state index contributed by atoms with van der Waals surface area (Å²) in [6.45, 7) is 0. The van der Waals surface area contributed by atoms with Crippen LogP contribution in [0, 0.1) is 0 Å². The fraction of sp³-hybridized carbons (Fsp3) is 0. The number of hydrogen-bond donors (Lipinski definition) is 1. The third kappa shape index (κ3) is 1.56. The molecule has 0 fully saturated rings. The van der Waals surface area contributed by atoms with Gasteiger partial charge in [0, 0.05) is 15.8 Å². The molecule has 0 spiro atoms. The van der Waals surface area contributed by atoms with Gasteiger partial charge >= 0.3 is 0 Å². The zero-order valence-corrected chi connectivity index (χ0v) is 9.68. The van der Waals surface area contributed by atoms with Crippen molar-refractivity contribution in [3.63, 3.8) is 0 Å². The second-order valence-electron chi connectivity index (χ2n) is 3.41. The lowest BCUT2D eigenvalue weighted by atomic mass is 10.2. The van der Waals surface area contributed by atoms with Crippen molar-refractivity contribution in [1.29, 1.82) is 0 Å². The van der Waals surface area contributed by atoms with Crippen LogP contribution in [0.1, 0.15) is 0 Å². The highest BCUT2D eigenvalue weighted by atomic mass is 35.5. The minimum Gasteiger partial charge on any atom is -0.381 e. The number of nitrogen functional groups attached to an aromatic ring is 1. The molecule has 16 heavy (non-hydrogen) atoms. The third-order valence-electron chi connectivity index (χ3n) is 2.25. The Morgan fingerprint density at radius 2 is 2.12 bits per heavy atom. The van der Waals surface area contributed by atoms with E-state index in [1.54, 1.807) is 17.4 Å². The lowest BCUT2D eigenvalue weighted by Crippen LogP contribution is -1.79. The van der Waals surface area contributed by atoms with Crippen molar-refractivity contribution in [3.8, 4) is 10.6 Å². The summed E-state index contributed by atoms with van der Waals surface area (Å²) in [4.78, 5) is 1.00. The second-order valence-corrected chi connectivity index (χ2v) is 4.93. The van der Waals surface area contributed by atoms with Gasteiger partial charge in [0.1, 0.15) is 0 Å². The Morgan fingerprint density at radius 3 is 2.88 bits per heavy atom. The first kappa shape index (κ1) is 9.69. The van der Waals surface area contributed by atoms with E-state index in [1.807, 2.05) is 24.3 Å². The van der Waals surface area contributed by atoms with E-state index in [2.05, 4.69) is 5.16 Å². The molecule has 0 bridgehead atoms. The molecule has 3 nitrogen and oxygen atoms in total. The summed E-state index contributed by atoms with van der Waals surface area (Å²) in [5, 5.41) is 5.49. The summed E-state index contributed by atoms with van der Waals surface area (Å²) < 4.78 is 6.27. The highest BCUT2D eigenvalue weighted by Gasteiger charge is 2.09. The van der Waals surface area contributed by atoms with E-state index in [0.717, 1.165) is 20.0 Å². The Labute approximate surface area is 100 Å². The number of anilines is 1. The van der Waals surface area contributed by atoms with Gasteiger partial charge in [0.2, 0.25) is 0 Å². The van der Waals surface area contributed by atoms with Gasteiger partial charge in [-0.25, -0.2) is 0 Å². The summed E-state index contributed by atoms with van der Waals surface area (Å²) in [7, 11) is 0. The molecular weight excluding hydrogens is 244 g/mol. The maximum atomic E-state index is 5.93.